The van der Waals surface area contributed by atoms with Gasteiger partial charge in [0.15, 0.2) is 11.1 Å². The van der Waals surface area contributed by atoms with E-state index >= 15 is 0 Å². The Morgan fingerprint density at radius 2 is 1.70 bits per heavy atom. The summed E-state index contributed by atoms with van der Waals surface area (Å²) < 4.78 is 34.8. The van der Waals surface area contributed by atoms with Crippen LogP contribution in [0.5, 0.6) is 0 Å². The lowest BCUT2D eigenvalue weighted by molar-refractivity contribution is -0.0366. The van der Waals surface area contributed by atoms with Gasteiger partial charge in [0, 0.05) is 40.1 Å². The molecule has 1 saturated heterocycles. The van der Waals surface area contributed by atoms with Gasteiger partial charge in [0.25, 0.3) is 0 Å². The molecule has 0 aliphatic carbocycles. The molecule has 0 spiro atoms. The fraction of sp³-hybridized carbons (Fsp3) is 0.484. The molecule has 4 N–H and O–H groups in total. The van der Waals surface area contributed by atoms with E-state index in [1.165, 1.54) is 18.3 Å². The Morgan fingerprint density at radius 1 is 0.977 bits per heavy atom. The molecular weight excluding hydrogens is 620 g/mol. The highest BCUT2D eigenvalue weighted by Gasteiger charge is 2.70. The number of ether oxygens (including phenoxy) is 1. The number of nitrogens with zero attached hydrogens (tertiary/aromatic N) is 3. The molecule has 1 aromatic carbocycles. The van der Waals surface area contributed by atoms with Crippen molar-refractivity contribution in [1.29, 1.82) is 0 Å². The van der Waals surface area contributed by atoms with E-state index in [0.717, 1.165) is 52.4 Å². The van der Waals surface area contributed by atoms with Crippen LogP contribution in [0, 0.1) is 0 Å². The van der Waals surface area contributed by atoms with E-state index in [1.807, 2.05) is 52.8 Å². The van der Waals surface area contributed by atoms with Gasteiger partial charge in [0.2, 0.25) is 0 Å². The van der Waals surface area contributed by atoms with Crippen LogP contribution < -0.4 is 0 Å². The lowest BCUT2D eigenvalue weighted by Crippen LogP contribution is -2.51. The van der Waals surface area contributed by atoms with Gasteiger partial charge in [-0.05, 0) is 85.2 Å². The zero-order valence-corrected chi connectivity index (χ0v) is 28.1. The third-order valence-corrected chi connectivity index (χ3v) is 15.2. The smallest absolute Gasteiger partial charge is 0.344 e. The van der Waals surface area contributed by atoms with Crippen LogP contribution in [-0.2, 0) is 25.7 Å². The summed E-state index contributed by atoms with van der Waals surface area (Å²) in [6.07, 6.45) is 6.65. The molecule has 5 rings (SSSR count). The van der Waals surface area contributed by atoms with Gasteiger partial charge in [-0.1, -0.05) is 33.8 Å². The number of pyridine rings is 1. The van der Waals surface area contributed by atoms with E-state index in [9.17, 15) is 28.7 Å². The molecule has 0 bridgehead atoms. The number of thiophene rings is 1. The van der Waals surface area contributed by atoms with Gasteiger partial charge in [-0.15, -0.1) is 0 Å². The quantitative estimate of drug-likeness (QED) is 0.119. The van der Waals surface area contributed by atoms with Crippen molar-refractivity contribution in [1.82, 2.24) is 14.8 Å². The molecule has 44 heavy (non-hydrogen) atoms. The molecule has 0 radical (unpaired) electrons. The number of aromatic nitrogens is 3. The van der Waals surface area contributed by atoms with Crippen molar-refractivity contribution >= 4 is 37.4 Å². The Morgan fingerprint density at radius 3 is 2.25 bits per heavy atom. The molecule has 4 heterocycles. The molecule has 4 aromatic rings. The summed E-state index contributed by atoms with van der Waals surface area (Å²) >= 11 is 1.46. The van der Waals surface area contributed by atoms with Gasteiger partial charge in [-0.2, -0.15) is 16.4 Å². The first kappa shape index (κ1) is 33.2. The van der Waals surface area contributed by atoms with Crippen LogP contribution in [-0.4, -0.2) is 45.8 Å². The van der Waals surface area contributed by atoms with Crippen LogP contribution in [0.4, 0.5) is 0 Å². The Hall–Kier alpha value is -2.20. The molecule has 1 fully saturated rings. The monoisotopic (exact) mass is 661 g/mol. The van der Waals surface area contributed by atoms with Crippen LogP contribution in [0.3, 0.4) is 0 Å². The predicted molar refractivity (Wildman–Crippen MR) is 174 cm³/mol. The van der Waals surface area contributed by atoms with E-state index in [0.29, 0.717) is 24.3 Å². The summed E-state index contributed by atoms with van der Waals surface area (Å²) in [4.78, 5) is 45.9. The van der Waals surface area contributed by atoms with Gasteiger partial charge < -0.3 is 24.3 Å². The SMILES string of the molecule is CCc1c(-c2ccc3c(cnn3C3CCCCO3)c2)cnc(-c2ccsc2)c1C(CC)(CC)C(CC)(P(=O)(O)O)P(=O)(O)O. The maximum absolute atomic E-state index is 13.5. The second-order valence-electron chi connectivity index (χ2n) is 11.5. The summed E-state index contributed by atoms with van der Waals surface area (Å²) in [5, 5.41) is 9.33. The summed E-state index contributed by atoms with van der Waals surface area (Å²) in [5.41, 5.74) is 3.37. The molecular formula is C31H41N3O7P2S. The molecule has 0 amide bonds. The summed E-state index contributed by atoms with van der Waals surface area (Å²) in [5.74, 6) is 0. The fourth-order valence-corrected chi connectivity index (χ4v) is 12.3. The Labute approximate surface area is 261 Å². The first-order chi connectivity index (χ1) is 20.9. The van der Waals surface area contributed by atoms with E-state index in [1.54, 1.807) is 20.0 Å². The number of fused-ring (bicyclic) bond motifs is 1. The Kier molecular flexibility index (Phi) is 9.45. The third kappa shape index (κ3) is 5.16. The van der Waals surface area contributed by atoms with Gasteiger partial charge in [-0.3, -0.25) is 14.1 Å². The standard InChI is InChI=1S/C31H41N3O7P2S/c1-5-24-25(21-12-13-26-23(17-21)18-33-34(26)27-11-9-10-15-41-27)19-32-29(22-14-16-44-20-22)28(24)30(6-2,7-3)31(8-4,42(35,36)37)43(38,39)40/h12-14,16-20,27H,5-11,15H2,1-4H3,(H2,35,36,37)(H2,38,39,40). The second-order valence-corrected chi connectivity index (χ2v) is 16.3. The maximum Gasteiger partial charge on any atom is 0.344 e. The number of hydrogen-bond donors (Lipinski definition) is 4. The van der Waals surface area contributed by atoms with Crippen molar-refractivity contribution in [3.63, 3.8) is 0 Å². The van der Waals surface area contributed by atoms with Crippen molar-refractivity contribution in [2.75, 3.05) is 6.61 Å². The van der Waals surface area contributed by atoms with Crippen LogP contribution in [0.25, 0.3) is 33.3 Å². The van der Waals surface area contributed by atoms with Crippen molar-refractivity contribution in [2.24, 2.45) is 0 Å². The summed E-state index contributed by atoms with van der Waals surface area (Å²) in [7, 11) is -10.8. The first-order valence-electron chi connectivity index (χ1n) is 15.2. The molecule has 238 valence electrons. The zero-order chi connectivity index (χ0) is 31.9. The minimum absolute atomic E-state index is 0.0794. The Bertz CT molecular complexity index is 1700. The first-order valence-corrected chi connectivity index (χ1v) is 19.3. The molecule has 1 aliphatic rings. The van der Waals surface area contributed by atoms with E-state index < -0.39 is 31.9 Å². The molecule has 10 nitrogen and oxygen atoms in total. The molecule has 1 unspecified atom stereocenters. The van der Waals surface area contributed by atoms with Gasteiger partial charge in [0.1, 0.15) is 0 Å². The average Bonchev–Trinajstić information content (AvgIpc) is 3.69. The van der Waals surface area contributed by atoms with Crippen molar-refractivity contribution in [2.45, 2.75) is 89.2 Å². The van der Waals surface area contributed by atoms with Gasteiger partial charge in [0.05, 0.1) is 17.4 Å². The lowest BCUT2D eigenvalue weighted by Gasteiger charge is -2.51. The largest absolute Gasteiger partial charge is 0.356 e. The van der Waals surface area contributed by atoms with Crippen LogP contribution in [0.1, 0.15) is 83.6 Å². The van der Waals surface area contributed by atoms with Gasteiger partial charge in [-0.25, -0.2) is 4.68 Å². The lowest BCUT2D eigenvalue weighted by atomic mass is 9.67. The highest BCUT2D eigenvalue weighted by molar-refractivity contribution is 7.72. The molecule has 13 heteroatoms. The molecule has 1 atom stereocenters. The Balaban J connectivity index is 1.82. The fourth-order valence-electron chi connectivity index (χ4n) is 7.51. The number of hydrogen-bond acceptors (Lipinski definition) is 6. The normalized spacial score (nSPS) is 17.0. The number of rotatable bonds is 11. The molecule has 1 aliphatic heterocycles. The third-order valence-electron chi connectivity index (χ3n) is 9.58. The molecule has 3 aromatic heterocycles. The average molecular weight is 662 g/mol. The van der Waals surface area contributed by atoms with E-state index in [2.05, 4.69) is 5.10 Å². The van der Waals surface area contributed by atoms with Crippen LogP contribution >= 0.6 is 26.5 Å². The highest BCUT2D eigenvalue weighted by atomic mass is 32.1. The van der Waals surface area contributed by atoms with Crippen molar-refractivity contribution < 1.29 is 33.4 Å². The second kappa shape index (κ2) is 12.5. The van der Waals surface area contributed by atoms with Crippen molar-refractivity contribution in [3.05, 3.63) is 58.5 Å². The van der Waals surface area contributed by atoms with Gasteiger partial charge >= 0.3 is 15.2 Å². The maximum atomic E-state index is 13.5. The summed E-state index contributed by atoms with van der Waals surface area (Å²) in [6, 6.07) is 7.87. The van der Waals surface area contributed by atoms with E-state index in [-0.39, 0.29) is 19.1 Å². The topological polar surface area (TPSA) is 155 Å². The van der Waals surface area contributed by atoms with Crippen LogP contribution in [0.2, 0.25) is 0 Å². The minimum Gasteiger partial charge on any atom is -0.356 e. The highest BCUT2D eigenvalue weighted by Crippen LogP contribution is 2.78. The van der Waals surface area contributed by atoms with Crippen LogP contribution in [0.15, 0.2) is 47.4 Å². The summed E-state index contributed by atoms with van der Waals surface area (Å²) in [6.45, 7) is 7.60. The molecule has 0 saturated carbocycles. The zero-order valence-electron chi connectivity index (χ0n) is 25.5. The van der Waals surface area contributed by atoms with Crippen molar-refractivity contribution in [3.8, 4) is 22.4 Å². The minimum atomic E-state index is -5.42. The van der Waals surface area contributed by atoms with E-state index in [4.69, 9.17) is 9.72 Å². The predicted octanol–water partition coefficient (Wildman–Crippen LogP) is 7.61. The number of benzene rings is 1.